The summed E-state index contributed by atoms with van der Waals surface area (Å²) in [6, 6.07) is 7.29. The van der Waals surface area contributed by atoms with E-state index in [9.17, 15) is 5.11 Å². The van der Waals surface area contributed by atoms with Gasteiger partial charge in [-0.25, -0.2) is 0 Å². The summed E-state index contributed by atoms with van der Waals surface area (Å²) in [5, 5.41) is 12.9. The van der Waals surface area contributed by atoms with E-state index in [0.717, 1.165) is 5.56 Å². The highest BCUT2D eigenvalue weighted by molar-refractivity contribution is 5.55. The number of hydrogen-bond donors (Lipinski definition) is 1. The van der Waals surface area contributed by atoms with Crippen LogP contribution < -0.4 is 4.74 Å². The average molecular weight is 220 g/mol. The van der Waals surface area contributed by atoms with Crippen molar-refractivity contribution in [2.75, 3.05) is 7.11 Å². The van der Waals surface area contributed by atoms with Crippen molar-refractivity contribution in [1.29, 1.82) is 0 Å². The second-order valence-corrected chi connectivity index (χ2v) is 3.37. The highest BCUT2D eigenvalue weighted by atomic mass is 16.5. The molecule has 1 unspecified atom stereocenters. The number of aliphatic hydroxyl groups excluding tert-OH is 1. The van der Waals surface area contributed by atoms with Crippen molar-refractivity contribution in [1.82, 2.24) is 10.1 Å². The molecule has 0 aliphatic rings. The molecule has 0 spiro atoms. The molecule has 0 amide bonds. The van der Waals surface area contributed by atoms with Gasteiger partial charge in [-0.05, 0) is 25.1 Å². The number of rotatable bonds is 3. The van der Waals surface area contributed by atoms with Gasteiger partial charge >= 0.3 is 0 Å². The van der Waals surface area contributed by atoms with E-state index in [1.54, 1.807) is 20.1 Å². The fourth-order valence-corrected chi connectivity index (χ4v) is 1.28. The van der Waals surface area contributed by atoms with Crippen molar-refractivity contribution in [3.05, 3.63) is 30.1 Å². The second kappa shape index (κ2) is 4.32. The highest BCUT2D eigenvalue weighted by Crippen LogP contribution is 2.23. The zero-order chi connectivity index (χ0) is 11.5. The Balaban J connectivity index is 2.34. The summed E-state index contributed by atoms with van der Waals surface area (Å²) in [5.74, 6) is 1.36. The Morgan fingerprint density at radius 3 is 2.88 bits per heavy atom. The van der Waals surface area contributed by atoms with Gasteiger partial charge in [0.15, 0.2) is 5.82 Å². The van der Waals surface area contributed by atoms with Gasteiger partial charge in [0, 0.05) is 5.56 Å². The molecule has 0 fully saturated rings. The quantitative estimate of drug-likeness (QED) is 0.854. The van der Waals surface area contributed by atoms with E-state index in [-0.39, 0.29) is 5.82 Å². The van der Waals surface area contributed by atoms with Gasteiger partial charge in [0.25, 0.3) is 5.89 Å². The lowest BCUT2D eigenvalue weighted by Crippen LogP contribution is -1.93. The molecule has 0 saturated carbocycles. The average Bonchev–Trinajstić information content (AvgIpc) is 2.78. The van der Waals surface area contributed by atoms with Crippen molar-refractivity contribution in [3.8, 4) is 17.2 Å². The van der Waals surface area contributed by atoms with E-state index in [1.165, 1.54) is 0 Å². The molecular formula is C11H12N2O3. The lowest BCUT2D eigenvalue weighted by molar-refractivity contribution is 0.184. The Morgan fingerprint density at radius 2 is 2.25 bits per heavy atom. The van der Waals surface area contributed by atoms with E-state index in [1.807, 2.05) is 18.2 Å². The number of hydrogen-bond acceptors (Lipinski definition) is 5. The minimum Gasteiger partial charge on any atom is -0.497 e. The first kappa shape index (κ1) is 10.6. The van der Waals surface area contributed by atoms with E-state index >= 15 is 0 Å². The molecule has 0 saturated heterocycles. The molecule has 1 N–H and O–H groups in total. The topological polar surface area (TPSA) is 68.4 Å². The first-order valence-corrected chi connectivity index (χ1v) is 4.87. The smallest absolute Gasteiger partial charge is 0.258 e. The summed E-state index contributed by atoms with van der Waals surface area (Å²) in [6.45, 7) is 1.58. The number of ether oxygens (including phenoxy) is 1. The summed E-state index contributed by atoms with van der Waals surface area (Å²) in [4.78, 5) is 4.07. The van der Waals surface area contributed by atoms with Gasteiger partial charge in [0.2, 0.25) is 0 Å². The van der Waals surface area contributed by atoms with Gasteiger partial charge in [-0.2, -0.15) is 4.98 Å². The predicted octanol–water partition coefficient (Wildman–Crippen LogP) is 1.80. The van der Waals surface area contributed by atoms with Crippen molar-refractivity contribution >= 4 is 0 Å². The summed E-state index contributed by atoms with van der Waals surface area (Å²) in [5.41, 5.74) is 0.763. The van der Waals surface area contributed by atoms with Crippen LogP contribution in [0.3, 0.4) is 0 Å². The molecule has 84 valence electrons. The lowest BCUT2D eigenvalue weighted by Gasteiger charge is -1.99. The minimum absolute atomic E-state index is 0.276. The third-order valence-electron chi connectivity index (χ3n) is 2.13. The zero-order valence-electron chi connectivity index (χ0n) is 9.04. The molecule has 1 heterocycles. The van der Waals surface area contributed by atoms with Gasteiger partial charge in [0.1, 0.15) is 11.9 Å². The van der Waals surface area contributed by atoms with Gasteiger partial charge in [0.05, 0.1) is 7.11 Å². The molecule has 1 aromatic heterocycles. The Morgan fingerprint density at radius 1 is 1.44 bits per heavy atom. The Labute approximate surface area is 92.7 Å². The number of benzene rings is 1. The predicted molar refractivity (Wildman–Crippen MR) is 56.9 cm³/mol. The van der Waals surface area contributed by atoms with E-state index < -0.39 is 6.10 Å². The van der Waals surface area contributed by atoms with Gasteiger partial charge in [-0.3, -0.25) is 0 Å². The number of aliphatic hydroxyl groups is 1. The van der Waals surface area contributed by atoms with E-state index in [0.29, 0.717) is 11.6 Å². The molecule has 2 aromatic rings. The van der Waals surface area contributed by atoms with Crippen LogP contribution in [0.4, 0.5) is 0 Å². The van der Waals surface area contributed by atoms with Crippen molar-refractivity contribution in [2.24, 2.45) is 0 Å². The summed E-state index contributed by atoms with van der Waals surface area (Å²) < 4.78 is 10.1. The molecule has 0 bridgehead atoms. The molecule has 0 aliphatic heterocycles. The van der Waals surface area contributed by atoms with Gasteiger partial charge in [-0.1, -0.05) is 11.2 Å². The molecule has 1 atom stereocenters. The van der Waals surface area contributed by atoms with Gasteiger partial charge < -0.3 is 14.4 Å². The van der Waals surface area contributed by atoms with Crippen LogP contribution in [0, 0.1) is 0 Å². The fourth-order valence-electron chi connectivity index (χ4n) is 1.28. The van der Waals surface area contributed by atoms with Gasteiger partial charge in [-0.15, -0.1) is 0 Å². The Kier molecular flexibility index (Phi) is 2.87. The number of methoxy groups -OCH3 is 1. The first-order chi connectivity index (χ1) is 7.70. The monoisotopic (exact) mass is 220 g/mol. The van der Waals surface area contributed by atoms with Crippen LogP contribution in [0.5, 0.6) is 5.75 Å². The van der Waals surface area contributed by atoms with Crippen LogP contribution in [0.1, 0.15) is 18.9 Å². The fraction of sp³-hybridized carbons (Fsp3) is 0.273. The standard InChI is InChI=1S/C11H12N2O3/c1-7(14)10-12-11(16-13-10)8-4-3-5-9(6-8)15-2/h3-7,14H,1-2H3. The van der Waals surface area contributed by atoms with Crippen molar-refractivity contribution in [2.45, 2.75) is 13.0 Å². The molecule has 0 radical (unpaired) electrons. The zero-order valence-corrected chi connectivity index (χ0v) is 9.04. The maximum atomic E-state index is 9.28. The number of aromatic nitrogens is 2. The molecule has 2 rings (SSSR count). The minimum atomic E-state index is -0.733. The normalized spacial score (nSPS) is 12.4. The van der Waals surface area contributed by atoms with Crippen LogP contribution in [0.2, 0.25) is 0 Å². The van der Waals surface area contributed by atoms with Crippen LogP contribution in [0.15, 0.2) is 28.8 Å². The molecule has 1 aromatic carbocycles. The molecule has 16 heavy (non-hydrogen) atoms. The Hall–Kier alpha value is -1.88. The SMILES string of the molecule is COc1cccc(-c2nc(C(C)O)no2)c1. The molecule has 5 heteroatoms. The largest absolute Gasteiger partial charge is 0.497 e. The van der Waals surface area contributed by atoms with Crippen LogP contribution >= 0.6 is 0 Å². The summed E-state index contributed by atoms with van der Waals surface area (Å²) in [7, 11) is 1.59. The maximum Gasteiger partial charge on any atom is 0.258 e. The van der Waals surface area contributed by atoms with E-state index in [2.05, 4.69) is 10.1 Å². The van der Waals surface area contributed by atoms with Crippen LogP contribution in [-0.2, 0) is 0 Å². The lowest BCUT2D eigenvalue weighted by atomic mass is 10.2. The van der Waals surface area contributed by atoms with Crippen LogP contribution in [0.25, 0.3) is 11.5 Å². The second-order valence-electron chi connectivity index (χ2n) is 3.37. The first-order valence-electron chi connectivity index (χ1n) is 4.87. The van der Waals surface area contributed by atoms with Crippen molar-refractivity contribution < 1.29 is 14.4 Å². The Bertz CT molecular complexity index is 480. The maximum absolute atomic E-state index is 9.28. The number of nitrogens with zero attached hydrogens (tertiary/aromatic N) is 2. The summed E-state index contributed by atoms with van der Waals surface area (Å²) in [6.07, 6.45) is -0.733. The molecule has 0 aliphatic carbocycles. The molecule has 5 nitrogen and oxygen atoms in total. The van der Waals surface area contributed by atoms with E-state index in [4.69, 9.17) is 9.26 Å². The summed E-state index contributed by atoms with van der Waals surface area (Å²) >= 11 is 0. The van der Waals surface area contributed by atoms with Crippen LogP contribution in [-0.4, -0.2) is 22.4 Å². The highest BCUT2D eigenvalue weighted by Gasteiger charge is 2.12. The van der Waals surface area contributed by atoms with Crippen molar-refractivity contribution in [3.63, 3.8) is 0 Å². The third kappa shape index (κ3) is 2.04. The molecular weight excluding hydrogens is 208 g/mol. The third-order valence-corrected chi connectivity index (χ3v) is 2.13.